The van der Waals surface area contributed by atoms with Crippen molar-refractivity contribution in [2.75, 3.05) is 7.11 Å². The lowest BCUT2D eigenvalue weighted by atomic mass is 10.1. The number of aromatic nitrogens is 2. The van der Waals surface area contributed by atoms with Gasteiger partial charge in [0.05, 0.1) is 13.3 Å². The van der Waals surface area contributed by atoms with Crippen molar-refractivity contribution < 1.29 is 9.13 Å². The second-order valence-corrected chi connectivity index (χ2v) is 3.67. The van der Waals surface area contributed by atoms with Gasteiger partial charge in [0.25, 0.3) is 0 Å². The summed E-state index contributed by atoms with van der Waals surface area (Å²) in [5.74, 6) is 0.300. The number of aryl methyl sites for hydroxylation is 2. The van der Waals surface area contributed by atoms with E-state index in [0.29, 0.717) is 5.88 Å². The van der Waals surface area contributed by atoms with Gasteiger partial charge in [-0.15, -0.1) is 0 Å². The summed E-state index contributed by atoms with van der Waals surface area (Å²) in [6.07, 6.45) is 4.56. The van der Waals surface area contributed by atoms with E-state index < -0.39 is 0 Å². The smallest absolute Gasteiger partial charge is 0.213 e. The number of hydrogen-bond acceptors (Lipinski definition) is 3. The molecule has 0 bridgehead atoms. The van der Waals surface area contributed by atoms with E-state index in [1.54, 1.807) is 19.4 Å². The second kappa shape index (κ2) is 5.39. The summed E-state index contributed by atoms with van der Waals surface area (Å²) in [6, 6.07) is 6.96. The van der Waals surface area contributed by atoms with E-state index in [1.807, 2.05) is 12.1 Å². The maximum Gasteiger partial charge on any atom is 0.213 e. The van der Waals surface area contributed by atoms with E-state index in [1.165, 1.54) is 12.3 Å². The summed E-state index contributed by atoms with van der Waals surface area (Å²) in [5.41, 5.74) is 2.00. The van der Waals surface area contributed by atoms with E-state index in [0.717, 1.165) is 24.1 Å². The maximum atomic E-state index is 12.7. The highest BCUT2D eigenvalue weighted by atomic mass is 19.1. The zero-order valence-electron chi connectivity index (χ0n) is 9.56. The first-order chi connectivity index (χ1) is 8.28. The minimum atomic E-state index is -0.306. The Morgan fingerprint density at radius 2 is 2.06 bits per heavy atom. The molecule has 0 atom stereocenters. The normalized spacial score (nSPS) is 10.2. The van der Waals surface area contributed by atoms with Crippen LogP contribution in [0, 0.1) is 5.82 Å². The SMILES string of the molecule is COc1cc(CCc2ccc(F)cn2)ccn1. The van der Waals surface area contributed by atoms with E-state index >= 15 is 0 Å². The van der Waals surface area contributed by atoms with Crippen LogP contribution in [0.2, 0.25) is 0 Å². The van der Waals surface area contributed by atoms with Crippen LogP contribution in [-0.4, -0.2) is 17.1 Å². The molecule has 0 fully saturated rings. The summed E-state index contributed by atoms with van der Waals surface area (Å²) >= 11 is 0. The lowest BCUT2D eigenvalue weighted by molar-refractivity contribution is 0.397. The number of pyridine rings is 2. The Morgan fingerprint density at radius 3 is 2.76 bits per heavy atom. The Labute approximate surface area is 99.3 Å². The first-order valence-electron chi connectivity index (χ1n) is 5.37. The molecule has 2 heterocycles. The van der Waals surface area contributed by atoms with Gasteiger partial charge in [0.15, 0.2) is 0 Å². The molecule has 2 aromatic heterocycles. The van der Waals surface area contributed by atoms with Crippen molar-refractivity contribution in [1.82, 2.24) is 9.97 Å². The third-order valence-electron chi connectivity index (χ3n) is 2.47. The summed E-state index contributed by atoms with van der Waals surface area (Å²) in [6.45, 7) is 0. The monoisotopic (exact) mass is 232 g/mol. The van der Waals surface area contributed by atoms with Gasteiger partial charge >= 0.3 is 0 Å². The van der Waals surface area contributed by atoms with Gasteiger partial charge in [0.1, 0.15) is 5.82 Å². The van der Waals surface area contributed by atoms with E-state index in [-0.39, 0.29) is 5.82 Å². The molecule has 0 N–H and O–H groups in total. The maximum absolute atomic E-state index is 12.7. The average Bonchev–Trinajstić information content (AvgIpc) is 2.38. The Balaban J connectivity index is 1.99. The zero-order chi connectivity index (χ0) is 12.1. The molecule has 88 valence electrons. The van der Waals surface area contributed by atoms with Crippen LogP contribution in [0.5, 0.6) is 5.88 Å². The first kappa shape index (κ1) is 11.5. The number of methoxy groups -OCH3 is 1. The van der Waals surface area contributed by atoms with Gasteiger partial charge in [-0.05, 0) is 36.6 Å². The predicted molar refractivity (Wildman–Crippen MR) is 62.4 cm³/mol. The van der Waals surface area contributed by atoms with Crippen molar-refractivity contribution in [3.8, 4) is 5.88 Å². The molecular formula is C13H13FN2O. The first-order valence-corrected chi connectivity index (χ1v) is 5.37. The van der Waals surface area contributed by atoms with E-state index in [2.05, 4.69) is 9.97 Å². The van der Waals surface area contributed by atoms with Gasteiger partial charge in [-0.1, -0.05) is 0 Å². The Morgan fingerprint density at radius 1 is 1.18 bits per heavy atom. The fourth-order valence-electron chi connectivity index (χ4n) is 1.54. The number of halogens is 1. The fourth-order valence-corrected chi connectivity index (χ4v) is 1.54. The number of rotatable bonds is 4. The Hall–Kier alpha value is -1.97. The van der Waals surface area contributed by atoms with Crippen molar-refractivity contribution in [1.29, 1.82) is 0 Å². The number of nitrogens with zero attached hydrogens (tertiary/aromatic N) is 2. The molecule has 0 radical (unpaired) electrons. The topological polar surface area (TPSA) is 35.0 Å². The molecule has 3 nitrogen and oxygen atoms in total. The molecule has 0 spiro atoms. The minimum absolute atomic E-state index is 0.306. The molecule has 0 amide bonds. The number of hydrogen-bond donors (Lipinski definition) is 0. The van der Waals surface area contributed by atoms with Crippen LogP contribution >= 0.6 is 0 Å². The van der Waals surface area contributed by atoms with Gasteiger partial charge in [0.2, 0.25) is 5.88 Å². The molecular weight excluding hydrogens is 219 g/mol. The zero-order valence-corrected chi connectivity index (χ0v) is 9.56. The van der Waals surface area contributed by atoms with Crippen LogP contribution in [0.3, 0.4) is 0 Å². The van der Waals surface area contributed by atoms with Crippen LogP contribution in [-0.2, 0) is 12.8 Å². The standard InChI is InChI=1S/C13H13FN2O/c1-17-13-8-10(6-7-15-13)2-4-12-5-3-11(14)9-16-12/h3,5-9H,2,4H2,1H3. The Bertz CT molecular complexity index is 485. The van der Waals surface area contributed by atoms with Gasteiger partial charge in [0, 0.05) is 18.0 Å². The third-order valence-corrected chi connectivity index (χ3v) is 2.47. The Kier molecular flexibility index (Phi) is 3.65. The highest BCUT2D eigenvalue weighted by molar-refractivity contribution is 5.21. The molecule has 0 aromatic carbocycles. The molecule has 0 aliphatic heterocycles. The quantitative estimate of drug-likeness (QED) is 0.812. The lowest BCUT2D eigenvalue weighted by Gasteiger charge is -2.03. The molecule has 0 saturated carbocycles. The summed E-state index contributed by atoms with van der Waals surface area (Å²) in [4.78, 5) is 8.05. The highest BCUT2D eigenvalue weighted by Crippen LogP contribution is 2.11. The predicted octanol–water partition coefficient (Wildman–Crippen LogP) is 2.41. The molecule has 17 heavy (non-hydrogen) atoms. The molecule has 0 aliphatic carbocycles. The van der Waals surface area contributed by atoms with Crippen molar-refractivity contribution >= 4 is 0 Å². The highest BCUT2D eigenvalue weighted by Gasteiger charge is 2.00. The van der Waals surface area contributed by atoms with Crippen molar-refractivity contribution in [3.05, 3.63) is 53.7 Å². The molecule has 0 unspecified atom stereocenters. The van der Waals surface area contributed by atoms with Crippen molar-refractivity contribution in [2.24, 2.45) is 0 Å². The molecule has 0 aliphatic rings. The summed E-state index contributed by atoms with van der Waals surface area (Å²) in [5, 5.41) is 0. The van der Waals surface area contributed by atoms with Gasteiger partial charge in [-0.3, -0.25) is 4.98 Å². The van der Waals surface area contributed by atoms with Crippen LogP contribution in [0.25, 0.3) is 0 Å². The van der Waals surface area contributed by atoms with Crippen molar-refractivity contribution in [2.45, 2.75) is 12.8 Å². The van der Waals surface area contributed by atoms with E-state index in [4.69, 9.17) is 4.74 Å². The number of ether oxygens (including phenoxy) is 1. The van der Waals surface area contributed by atoms with Gasteiger partial charge in [-0.2, -0.15) is 0 Å². The van der Waals surface area contributed by atoms with Crippen LogP contribution < -0.4 is 4.74 Å². The summed E-state index contributed by atoms with van der Waals surface area (Å²) in [7, 11) is 1.59. The lowest BCUT2D eigenvalue weighted by Crippen LogP contribution is -1.96. The molecule has 4 heteroatoms. The minimum Gasteiger partial charge on any atom is -0.481 e. The summed E-state index contributed by atoms with van der Waals surface area (Å²) < 4.78 is 17.7. The molecule has 2 aromatic rings. The van der Waals surface area contributed by atoms with E-state index in [9.17, 15) is 4.39 Å². The average molecular weight is 232 g/mol. The third kappa shape index (κ3) is 3.24. The van der Waals surface area contributed by atoms with Crippen LogP contribution in [0.4, 0.5) is 4.39 Å². The van der Waals surface area contributed by atoms with Crippen LogP contribution in [0.1, 0.15) is 11.3 Å². The van der Waals surface area contributed by atoms with Gasteiger partial charge < -0.3 is 4.74 Å². The largest absolute Gasteiger partial charge is 0.481 e. The molecule has 2 rings (SSSR count). The van der Waals surface area contributed by atoms with Gasteiger partial charge in [-0.25, -0.2) is 9.37 Å². The van der Waals surface area contributed by atoms with Crippen LogP contribution in [0.15, 0.2) is 36.7 Å². The second-order valence-electron chi connectivity index (χ2n) is 3.67. The van der Waals surface area contributed by atoms with Crippen molar-refractivity contribution in [3.63, 3.8) is 0 Å². The fraction of sp³-hybridized carbons (Fsp3) is 0.231. The molecule has 0 saturated heterocycles.